The van der Waals surface area contributed by atoms with Gasteiger partial charge in [-0.3, -0.25) is 0 Å². The molecular formula is C4H7NO3. The van der Waals surface area contributed by atoms with Gasteiger partial charge in [0, 0.05) is 7.05 Å². The number of β-amino-alcohol motifs (C(OH)–C–C–N with tert-alkyl or cyclic N) is 1. The molecule has 4 heteroatoms. The zero-order valence-electron chi connectivity index (χ0n) is 4.50. The van der Waals surface area contributed by atoms with E-state index in [9.17, 15) is 4.79 Å². The van der Waals surface area contributed by atoms with Crippen LogP contribution in [0.1, 0.15) is 0 Å². The number of aliphatic hydroxyl groups excluding tert-OH is 1. The van der Waals surface area contributed by atoms with Crippen LogP contribution in [0.25, 0.3) is 0 Å². The van der Waals surface area contributed by atoms with E-state index in [4.69, 9.17) is 5.11 Å². The average molecular weight is 117 g/mol. The first kappa shape index (κ1) is 5.37. The molecular weight excluding hydrogens is 110 g/mol. The average Bonchev–Trinajstić information content (AvgIpc) is 1.85. The largest absolute Gasteiger partial charge is 0.418 e. The molecule has 0 saturated carbocycles. The summed E-state index contributed by atoms with van der Waals surface area (Å²) < 4.78 is 4.32. The third kappa shape index (κ3) is 0.742. The van der Waals surface area contributed by atoms with Gasteiger partial charge in [-0.1, -0.05) is 0 Å². The van der Waals surface area contributed by atoms with E-state index in [0.29, 0.717) is 0 Å². The predicted molar refractivity (Wildman–Crippen MR) is 25.1 cm³/mol. The van der Waals surface area contributed by atoms with Crippen LogP contribution in [0.15, 0.2) is 0 Å². The molecule has 0 aromatic rings. The molecule has 8 heavy (non-hydrogen) atoms. The van der Waals surface area contributed by atoms with Gasteiger partial charge in [0.1, 0.15) is 0 Å². The van der Waals surface area contributed by atoms with Crippen molar-refractivity contribution in [1.82, 2.24) is 4.90 Å². The molecule has 1 heterocycles. The van der Waals surface area contributed by atoms with Crippen molar-refractivity contribution in [1.29, 1.82) is 0 Å². The lowest BCUT2D eigenvalue weighted by Gasteiger charge is -1.98. The fraction of sp³-hybridized carbons (Fsp3) is 0.750. The van der Waals surface area contributed by atoms with E-state index in [0.717, 1.165) is 0 Å². The van der Waals surface area contributed by atoms with E-state index in [2.05, 4.69) is 4.74 Å². The second-order valence-electron chi connectivity index (χ2n) is 1.72. The molecule has 0 aromatic carbocycles. The van der Waals surface area contributed by atoms with Gasteiger partial charge in [-0.2, -0.15) is 0 Å². The Morgan fingerprint density at radius 2 is 2.62 bits per heavy atom. The van der Waals surface area contributed by atoms with Crippen LogP contribution in [0.3, 0.4) is 0 Å². The molecule has 1 rings (SSSR count). The monoisotopic (exact) mass is 117 g/mol. The highest BCUT2D eigenvalue weighted by molar-refractivity contribution is 5.69. The number of ether oxygens (including phenoxy) is 1. The van der Waals surface area contributed by atoms with Crippen molar-refractivity contribution in [2.24, 2.45) is 0 Å². The number of nitrogens with zero attached hydrogens (tertiary/aromatic N) is 1. The van der Waals surface area contributed by atoms with Crippen LogP contribution in [0, 0.1) is 0 Å². The fourth-order valence-electron chi connectivity index (χ4n) is 0.552. The molecule has 1 N–H and O–H groups in total. The van der Waals surface area contributed by atoms with Crippen LogP contribution in [0.5, 0.6) is 0 Å². The molecule has 46 valence electrons. The first-order valence-electron chi connectivity index (χ1n) is 2.30. The van der Waals surface area contributed by atoms with Crippen molar-refractivity contribution in [3.05, 3.63) is 0 Å². The van der Waals surface area contributed by atoms with Crippen LogP contribution >= 0.6 is 0 Å². The molecule has 1 saturated heterocycles. The van der Waals surface area contributed by atoms with Crippen LogP contribution in [0.4, 0.5) is 4.79 Å². The third-order valence-electron chi connectivity index (χ3n) is 0.979. The van der Waals surface area contributed by atoms with Gasteiger partial charge in [0.2, 0.25) is 6.29 Å². The van der Waals surface area contributed by atoms with Crippen LogP contribution in [-0.2, 0) is 4.74 Å². The van der Waals surface area contributed by atoms with Gasteiger partial charge < -0.3 is 14.7 Å². The number of cyclic esters (lactones) is 1. The molecule has 4 nitrogen and oxygen atoms in total. The molecule has 0 spiro atoms. The van der Waals surface area contributed by atoms with Crippen LogP contribution in [-0.4, -0.2) is 36.0 Å². The Morgan fingerprint density at radius 3 is 2.75 bits per heavy atom. The molecule has 1 amide bonds. The van der Waals surface area contributed by atoms with Gasteiger partial charge >= 0.3 is 6.09 Å². The van der Waals surface area contributed by atoms with Crippen LogP contribution < -0.4 is 0 Å². The summed E-state index contributed by atoms with van der Waals surface area (Å²) in [7, 11) is 1.57. The van der Waals surface area contributed by atoms with Crippen molar-refractivity contribution >= 4 is 6.09 Å². The highest BCUT2D eigenvalue weighted by Crippen LogP contribution is 2.04. The summed E-state index contributed by atoms with van der Waals surface area (Å²) in [6.45, 7) is 0.277. The standard InChI is InChI=1S/C4H7NO3/c1-5-2-3(6)8-4(5)7/h3,6H,2H2,1H3. The van der Waals surface area contributed by atoms with E-state index in [1.807, 2.05) is 0 Å². The lowest BCUT2D eigenvalue weighted by molar-refractivity contribution is -0.0151. The van der Waals surface area contributed by atoms with Crippen molar-refractivity contribution in [2.45, 2.75) is 6.29 Å². The Balaban J connectivity index is 2.51. The minimum absolute atomic E-state index is 0.277. The number of carbonyl (C=O) groups is 1. The fourth-order valence-corrected chi connectivity index (χ4v) is 0.552. The maximum atomic E-state index is 10.3. The summed E-state index contributed by atoms with van der Waals surface area (Å²) in [5, 5.41) is 8.59. The lowest BCUT2D eigenvalue weighted by atomic mass is 10.6. The van der Waals surface area contributed by atoms with Gasteiger partial charge in [-0.15, -0.1) is 0 Å². The van der Waals surface area contributed by atoms with Crippen LogP contribution in [0.2, 0.25) is 0 Å². The van der Waals surface area contributed by atoms with Crippen molar-refractivity contribution < 1.29 is 14.6 Å². The summed E-state index contributed by atoms with van der Waals surface area (Å²) >= 11 is 0. The van der Waals surface area contributed by atoms with Gasteiger partial charge in [0.25, 0.3) is 0 Å². The molecule has 0 radical (unpaired) electrons. The molecule has 1 unspecified atom stereocenters. The Bertz CT molecular complexity index is 114. The van der Waals surface area contributed by atoms with Gasteiger partial charge in [-0.25, -0.2) is 4.79 Å². The molecule has 0 aromatic heterocycles. The smallest absolute Gasteiger partial charge is 0.412 e. The molecule has 1 aliphatic heterocycles. The topological polar surface area (TPSA) is 49.8 Å². The summed E-state index contributed by atoms with van der Waals surface area (Å²) in [6, 6.07) is 0. The first-order valence-corrected chi connectivity index (χ1v) is 2.30. The Kier molecular flexibility index (Phi) is 1.09. The highest BCUT2D eigenvalue weighted by Gasteiger charge is 2.25. The number of carbonyl (C=O) groups excluding carboxylic acids is 1. The third-order valence-corrected chi connectivity index (χ3v) is 0.979. The number of aliphatic hydroxyl groups is 1. The number of rotatable bonds is 0. The molecule has 0 bridgehead atoms. The summed E-state index contributed by atoms with van der Waals surface area (Å²) in [4.78, 5) is 11.6. The van der Waals surface area contributed by atoms with E-state index in [1.54, 1.807) is 7.05 Å². The number of hydrogen-bond acceptors (Lipinski definition) is 3. The minimum Gasteiger partial charge on any atom is -0.418 e. The minimum atomic E-state index is -0.924. The second-order valence-corrected chi connectivity index (χ2v) is 1.72. The van der Waals surface area contributed by atoms with Gasteiger partial charge in [0.05, 0.1) is 6.54 Å². The highest BCUT2D eigenvalue weighted by atomic mass is 16.7. The summed E-state index contributed by atoms with van der Waals surface area (Å²) in [5.41, 5.74) is 0. The summed E-state index contributed by atoms with van der Waals surface area (Å²) in [6.07, 6.45) is -1.38. The normalized spacial score (nSPS) is 28.5. The van der Waals surface area contributed by atoms with E-state index in [-0.39, 0.29) is 6.54 Å². The molecule has 0 aliphatic carbocycles. The lowest BCUT2D eigenvalue weighted by Crippen LogP contribution is -2.18. The maximum Gasteiger partial charge on any atom is 0.412 e. The van der Waals surface area contributed by atoms with Crippen molar-refractivity contribution in [3.8, 4) is 0 Å². The van der Waals surface area contributed by atoms with E-state index < -0.39 is 12.4 Å². The van der Waals surface area contributed by atoms with E-state index in [1.165, 1.54) is 4.90 Å². The number of hydrogen-bond donors (Lipinski definition) is 1. The van der Waals surface area contributed by atoms with Crippen molar-refractivity contribution in [3.63, 3.8) is 0 Å². The first-order chi connectivity index (χ1) is 3.70. The second kappa shape index (κ2) is 1.63. The van der Waals surface area contributed by atoms with E-state index >= 15 is 0 Å². The molecule has 1 aliphatic rings. The Morgan fingerprint density at radius 1 is 2.00 bits per heavy atom. The Hall–Kier alpha value is -0.770. The van der Waals surface area contributed by atoms with Gasteiger partial charge in [-0.05, 0) is 0 Å². The predicted octanol–water partition coefficient (Wildman–Crippen LogP) is -0.613. The Labute approximate surface area is 46.7 Å². The SMILES string of the molecule is CN1CC(O)OC1=O. The van der Waals surface area contributed by atoms with Gasteiger partial charge in [0.15, 0.2) is 0 Å². The molecule has 1 fully saturated rings. The number of amides is 1. The maximum absolute atomic E-state index is 10.3. The molecule has 1 atom stereocenters. The zero-order chi connectivity index (χ0) is 6.15. The quantitative estimate of drug-likeness (QED) is 0.460. The zero-order valence-corrected chi connectivity index (χ0v) is 4.50. The summed E-state index contributed by atoms with van der Waals surface area (Å²) in [5.74, 6) is 0. The number of likely N-dealkylation sites (N-methyl/N-ethyl adjacent to an activating group) is 1. The van der Waals surface area contributed by atoms with Crippen molar-refractivity contribution in [2.75, 3.05) is 13.6 Å².